The van der Waals surface area contributed by atoms with E-state index in [-0.39, 0.29) is 5.92 Å². The Kier molecular flexibility index (Phi) is 4.06. The molecule has 3 rings (SSSR count). The minimum Gasteiger partial charge on any atom is -0.314 e. The van der Waals surface area contributed by atoms with Crippen molar-refractivity contribution in [3.63, 3.8) is 0 Å². The average Bonchev–Trinajstić information content (AvgIpc) is 2.80. The number of nitrogens with zero attached hydrogens (tertiary/aromatic N) is 2. The van der Waals surface area contributed by atoms with Crippen molar-refractivity contribution in [3.8, 4) is 0 Å². The van der Waals surface area contributed by atoms with Gasteiger partial charge < -0.3 is 5.32 Å². The molecule has 0 radical (unpaired) electrons. The fourth-order valence-corrected chi connectivity index (χ4v) is 4.38. The van der Waals surface area contributed by atoms with Crippen molar-refractivity contribution in [3.05, 3.63) is 29.5 Å². The van der Waals surface area contributed by atoms with Gasteiger partial charge in [0.2, 0.25) is 0 Å². The van der Waals surface area contributed by atoms with Crippen molar-refractivity contribution in [2.45, 2.75) is 25.4 Å². The molecular weight excluding hydrogens is 375 g/mol. The van der Waals surface area contributed by atoms with Crippen LogP contribution in [0, 0.1) is 6.92 Å². The van der Waals surface area contributed by atoms with Crippen molar-refractivity contribution in [2.24, 2.45) is 0 Å². The number of alkyl halides is 1. The highest BCUT2D eigenvalue weighted by molar-refractivity contribution is 14.2. The highest BCUT2D eigenvalue weighted by Crippen LogP contribution is 2.35. The zero-order chi connectivity index (χ0) is 13.4. The molecule has 0 saturated carbocycles. The molecule has 1 aliphatic heterocycles. The highest BCUT2D eigenvalue weighted by Gasteiger charge is 2.27. The second-order valence-corrected chi connectivity index (χ2v) is 7.06. The Labute approximate surface area is 126 Å². The molecule has 0 aliphatic carbocycles. The van der Waals surface area contributed by atoms with E-state index < -0.39 is 6.17 Å². The quantitative estimate of drug-likeness (QED) is 0.627. The number of fused-ring (bicyclic) bond motifs is 1. The van der Waals surface area contributed by atoms with Crippen LogP contribution in [-0.4, -0.2) is 28.8 Å². The lowest BCUT2D eigenvalue weighted by Gasteiger charge is -2.28. The van der Waals surface area contributed by atoms with Crippen LogP contribution in [0.15, 0.2) is 18.3 Å². The molecule has 102 valence electrons. The van der Waals surface area contributed by atoms with Crippen molar-refractivity contribution in [1.29, 1.82) is 0 Å². The van der Waals surface area contributed by atoms with E-state index >= 15 is 0 Å². The van der Waals surface area contributed by atoms with Crippen LogP contribution in [0.3, 0.4) is 0 Å². The van der Waals surface area contributed by atoms with Gasteiger partial charge in [-0.3, -0.25) is 0 Å². The summed E-state index contributed by atoms with van der Waals surface area (Å²) in [5, 5.41) is 8.64. The molecule has 0 bridgehead atoms. The number of rotatable bonds is 2. The van der Waals surface area contributed by atoms with Gasteiger partial charge in [-0.1, -0.05) is 0 Å². The number of aryl methyl sites for hydroxylation is 1. The zero-order valence-electron chi connectivity index (χ0n) is 10.7. The third-order valence-corrected chi connectivity index (χ3v) is 5.73. The summed E-state index contributed by atoms with van der Waals surface area (Å²) in [5.74, 6) is 0.0199. The normalized spacial score (nSPS) is 24.6. The number of hydrogen-bond acceptors (Lipinski definition) is 2. The molecule has 2 aromatic rings. The summed E-state index contributed by atoms with van der Waals surface area (Å²) in [7, 11) is 0. The minimum atomic E-state index is -0.789. The molecule has 6 heteroatoms. The van der Waals surface area contributed by atoms with Crippen molar-refractivity contribution in [1.82, 2.24) is 14.9 Å². The van der Waals surface area contributed by atoms with E-state index in [1.807, 2.05) is 10.6 Å². The Hall–Kier alpha value is -0.260. The van der Waals surface area contributed by atoms with Gasteiger partial charge in [-0.2, -0.15) is 5.10 Å². The van der Waals surface area contributed by atoms with Gasteiger partial charge in [0.1, 0.15) is 6.17 Å². The van der Waals surface area contributed by atoms with Crippen LogP contribution in [0.5, 0.6) is 0 Å². The smallest absolute Gasteiger partial charge is 0.119 e. The second-order valence-electron chi connectivity index (χ2n) is 5.02. The summed E-state index contributed by atoms with van der Waals surface area (Å²) < 4.78 is 16.1. The fourth-order valence-electron chi connectivity index (χ4n) is 2.84. The molecule has 1 fully saturated rings. The van der Waals surface area contributed by atoms with E-state index in [1.165, 1.54) is 5.56 Å². The number of hydrogen-bond donors (Lipinski definition) is 1. The zero-order valence-corrected chi connectivity index (χ0v) is 13.8. The van der Waals surface area contributed by atoms with Gasteiger partial charge in [0.25, 0.3) is 0 Å². The van der Waals surface area contributed by atoms with Crippen LogP contribution in [0.1, 0.15) is 23.5 Å². The Balaban J connectivity index is 2.09. The molecule has 3 atom stereocenters. The van der Waals surface area contributed by atoms with E-state index in [4.69, 9.17) is 0 Å². The van der Waals surface area contributed by atoms with Gasteiger partial charge in [0.05, 0.1) is 18.1 Å². The van der Waals surface area contributed by atoms with E-state index in [1.54, 1.807) is 0 Å². The molecule has 19 heavy (non-hydrogen) atoms. The predicted molar refractivity (Wildman–Crippen MR) is 87.3 cm³/mol. The summed E-state index contributed by atoms with van der Waals surface area (Å²) in [6, 6.07) is 4.28. The van der Waals surface area contributed by atoms with E-state index in [0.29, 0.717) is 12.9 Å². The van der Waals surface area contributed by atoms with Gasteiger partial charge >= 0.3 is 0 Å². The Morgan fingerprint density at radius 1 is 1.53 bits per heavy atom. The van der Waals surface area contributed by atoms with Crippen LogP contribution in [-0.2, 0) is 0 Å². The highest BCUT2D eigenvalue weighted by atomic mass is 127. The lowest BCUT2D eigenvalue weighted by molar-refractivity contribution is 0.231. The molecular formula is C13H16FIN3P. The van der Waals surface area contributed by atoms with Crippen LogP contribution in [0.2, 0.25) is 0 Å². The first-order valence-electron chi connectivity index (χ1n) is 6.40. The second kappa shape index (κ2) is 5.62. The minimum absolute atomic E-state index is 0.0199. The summed E-state index contributed by atoms with van der Waals surface area (Å²) >= 11 is 2.32. The molecule has 0 amide bonds. The molecule has 1 aromatic heterocycles. The van der Waals surface area contributed by atoms with Gasteiger partial charge in [-0.05, 0) is 65.2 Å². The third-order valence-electron chi connectivity index (χ3n) is 3.84. The number of benzene rings is 1. The molecule has 2 heterocycles. The van der Waals surface area contributed by atoms with E-state index in [9.17, 15) is 4.39 Å². The first kappa shape index (κ1) is 13.7. The Bertz CT molecular complexity index is 601. The molecule has 3 nitrogen and oxygen atoms in total. The molecule has 1 N–H and O–H groups in total. The molecule has 3 unspecified atom stereocenters. The standard InChI is InChI=1S/C13H16FIN3P/c1-8-4-9-6-17-18(19-15)13(9)5-11(8)10-2-3-16-7-12(10)14/h4-6,10,12,16,19H,2-3,7H2,1H3. The van der Waals surface area contributed by atoms with Crippen LogP contribution >= 0.6 is 28.4 Å². The predicted octanol–water partition coefficient (Wildman–Crippen LogP) is 3.55. The number of nitrogens with one attached hydrogen (secondary N) is 1. The number of piperidine rings is 1. The molecule has 1 aliphatic rings. The first-order valence-corrected chi connectivity index (χ1v) is 10.5. The largest absolute Gasteiger partial charge is 0.314 e. The van der Waals surface area contributed by atoms with Gasteiger partial charge in [0.15, 0.2) is 0 Å². The van der Waals surface area contributed by atoms with Crippen molar-refractivity contribution < 1.29 is 4.39 Å². The molecule has 1 saturated heterocycles. The summed E-state index contributed by atoms with van der Waals surface area (Å²) in [6.45, 7) is 3.44. The molecule has 0 spiro atoms. The number of halogens is 2. The van der Waals surface area contributed by atoms with Crippen LogP contribution in [0.25, 0.3) is 10.9 Å². The maximum Gasteiger partial charge on any atom is 0.119 e. The maximum absolute atomic E-state index is 14.1. The maximum atomic E-state index is 14.1. The third kappa shape index (κ3) is 2.52. The monoisotopic (exact) mass is 391 g/mol. The van der Waals surface area contributed by atoms with Crippen LogP contribution in [0.4, 0.5) is 4.39 Å². The number of aromatic nitrogens is 2. The summed E-state index contributed by atoms with van der Waals surface area (Å²) in [5.41, 5.74) is 3.45. The lowest BCUT2D eigenvalue weighted by Crippen LogP contribution is -2.36. The Morgan fingerprint density at radius 2 is 2.37 bits per heavy atom. The summed E-state index contributed by atoms with van der Waals surface area (Å²) in [4.78, 5) is 0. The van der Waals surface area contributed by atoms with E-state index in [0.717, 1.165) is 29.4 Å². The van der Waals surface area contributed by atoms with Crippen molar-refractivity contribution in [2.75, 3.05) is 13.1 Å². The Morgan fingerprint density at radius 3 is 3.11 bits per heavy atom. The topological polar surface area (TPSA) is 29.9 Å². The summed E-state index contributed by atoms with van der Waals surface area (Å²) in [6.07, 6.45) is 2.55. The SMILES string of the molecule is Cc1cc2cnn(PI)c2cc1C1CCNCC1F. The van der Waals surface area contributed by atoms with Crippen LogP contribution < -0.4 is 5.32 Å². The average molecular weight is 391 g/mol. The first-order chi connectivity index (χ1) is 9.20. The molecule has 1 aromatic carbocycles. The van der Waals surface area contributed by atoms with Gasteiger partial charge in [0, 0.05) is 17.8 Å². The lowest BCUT2D eigenvalue weighted by atomic mass is 9.85. The van der Waals surface area contributed by atoms with Gasteiger partial charge in [-0.25, -0.2) is 8.84 Å². The van der Waals surface area contributed by atoms with Crippen molar-refractivity contribution >= 4 is 39.3 Å². The van der Waals surface area contributed by atoms with E-state index in [2.05, 4.69) is 51.5 Å². The fraction of sp³-hybridized carbons (Fsp3) is 0.462. The van der Waals surface area contributed by atoms with Gasteiger partial charge in [-0.15, -0.1) is 0 Å².